The van der Waals surface area contributed by atoms with Crippen LogP contribution in [0.25, 0.3) is 21.9 Å². The summed E-state index contributed by atoms with van der Waals surface area (Å²) in [7, 11) is 0. The van der Waals surface area contributed by atoms with E-state index in [9.17, 15) is 4.79 Å². The number of rotatable bonds is 7. The van der Waals surface area contributed by atoms with Crippen molar-refractivity contribution in [1.29, 1.82) is 0 Å². The number of hydrogen-bond donors (Lipinski definition) is 2. The van der Waals surface area contributed by atoms with E-state index in [-0.39, 0.29) is 11.8 Å². The largest absolute Gasteiger partial charge is 0.382 e. The Morgan fingerprint density at radius 1 is 1.21 bits per heavy atom. The number of imidazole rings is 1. The van der Waals surface area contributed by atoms with Crippen LogP contribution in [0.3, 0.4) is 0 Å². The van der Waals surface area contributed by atoms with Gasteiger partial charge in [-0.3, -0.25) is 4.79 Å². The summed E-state index contributed by atoms with van der Waals surface area (Å²) in [5.41, 5.74) is 8.97. The molecule has 1 fully saturated rings. The summed E-state index contributed by atoms with van der Waals surface area (Å²) in [6.07, 6.45) is 7.28. The first-order valence-corrected chi connectivity index (χ1v) is 10.5. The van der Waals surface area contributed by atoms with Crippen molar-refractivity contribution in [2.75, 3.05) is 12.3 Å². The molecule has 2 heterocycles. The number of hydrogen-bond acceptors (Lipinski definition) is 4. The second-order valence-corrected chi connectivity index (χ2v) is 7.72. The zero-order valence-corrected chi connectivity index (χ0v) is 16.6. The lowest BCUT2D eigenvalue weighted by Gasteiger charge is -2.12. The number of nitrogens with zero attached hydrogens (tertiary/aromatic N) is 3. The van der Waals surface area contributed by atoms with Gasteiger partial charge >= 0.3 is 0 Å². The van der Waals surface area contributed by atoms with Crippen LogP contribution >= 0.6 is 0 Å². The molecular weight excluding hydrogens is 350 g/mol. The highest BCUT2D eigenvalue weighted by Gasteiger charge is 2.22. The Morgan fingerprint density at radius 3 is 2.79 bits per heavy atom. The third kappa shape index (κ3) is 3.55. The molecule has 1 aliphatic rings. The molecule has 28 heavy (non-hydrogen) atoms. The number of nitrogens with one attached hydrogen (secondary N) is 1. The van der Waals surface area contributed by atoms with Crippen molar-refractivity contribution < 1.29 is 4.79 Å². The number of carbonyl (C=O) groups excluding carboxylic acids is 1. The van der Waals surface area contributed by atoms with Crippen LogP contribution in [0.4, 0.5) is 5.82 Å². The first-order chi connectivity index (χ1) is 13.7. The van der Waals surface area contributed by atoms with Crippen LogP contribution in [0, 0.1) is 5.92 Å². The van der Waals surface area contributed by atoms with E-state index in [4.69, 9.17) is 10.7 Å². The molecule has 0 saturated heterocycles. The van der Waals surface area contributed by atoms with Gasteiger partial charge in [-0.25, -0.2) is 9.97 Å². The fraction of sp³-hybridized carbons (Fsp3) is 0.500. The fourth-order valence-electron chi connectivity index (χ4n) is 4.35. The van der Waals surface area contributed by atoms with Gasteiger partial charge in [0.2, 0.25) is 5.91 Å². The number of benzene rings is 1. The van der Waals surface area contributed by atoms with Crippen LogP contribution in [0.15, 0.2) is 24.3 Å². The number of nitrogen functional groups attached to an aromatic ring is 1. The summed E-state index contributed by atoms with van der Waals surface area (Å²) >= 11 is 0. The standard InChI is InChI=1S/C22H29N5O/c1-2-18-26-19-20(16-11-5-6-12-17(16)25-21(19)23)27(18)14-8-7-13-24-22(28)15-9-3-4-10-15/h5-6,11-12,15H,2-4,7-10,13-14H2,1H3,(H2,23,25)(H,24,28). The first kappa shape index (κ1) is 18.7. The summed E-state index contributed by atoms with van der Waals surface area (Å²) in [6, 6.07) is 8.09. The minimum Gasteiger partial charge on any atom is -0.382 e. The molecule has 0 radical (unpaired) electrons. The van der Waals surface area contributed by atoms with Crippen molar-refractivity contribution in [3.8, 4) is 0 Å². The normalized spacial score (nSPS) is 14.9. The highest BCUT2D eigenvalue weighted by molar-refractivity contribution is 6.06. The van der Waals surface area contributed by atoms with Gasteiger partial charge < -0.3 is 15.6 Å². The zero-order chi connectivity index (χ0) is 19.5. The van der Waals surface area contributed by atoms with E-state index < -0.39 is 0 Å². The molecule has 1 amide bonds. The summed E-state index contributed by atoms with van der Waals surface area (Å²) in [5.74, 6) is 2.01. The average Bonchev–Trinajstić information content (AvgIpc) is 3.36. The molecule has 0 aliphatic heterocycles. The van der Waals surface area contributed by atoms with Gasteiger partial charge in [0.15, 0.2) is 5.82 Å². The van der Waals surface area contributed by atoms with E-state index >= 15 is 0 Å². The molecule has 0 bridgehead atoms. The lowest BCUT2D eigenvalue weighted by Crippen LogP contribution is -2.30. The molecule has 1 aliphatic carbocycles. The molecule has 4 rings (SSSR count). The zero-order valence-electron chi connectivity index (χ0n) is 16.6. The minimum absolute atomic E-state index is 0.240. The second kappa shape index (κ2) is 8.17. The van der Waals surface area contributed by atoms with Crippen LogP contribution < -0.4 is 11.1 Å². The molecule has 3 aromatic rings. The van der Waals surface area contributed by atoms with Crippen LogP contribution in [-0.4, -0.2) is 27.0 Å². The lowest BCUT2D eigenvalue weighted by molar-refractivity contribution is -0.124. The number of nitrogens with two attached hydrogens (primary N) is 1. The van der Waals surface area contributed by atoms with E-state index in [2.05, 4.69) is 27.9 Å². The third-order valence-electron chi connectivity index (χ3n) is 5.84. The molecular formula is C22H29N5O. The molecule has 0 spiro atoms. The van der Waals surface area contributed by atoms with Crippen LogP contribution in [0.1, 0.15) is 51.3 Å². The Balaban J connectivity index is 1.48. The third-order valence-corrected chi connectivity index (χ3v) is 5.84. The summed E-state index contributed by atoms with van der Waals surface area (Å²) in [4.78, 5) is 21.4. The predicted molar refractivity (Wildman–Crippen MR) is 113 cm³/mol. The van der Waals surface area contributed by atoms with Crippen molar-refractivity contribution in [3.05, 3.63) is 30.1 Å². The lowest BCUT2D eigenvalue weighted by atomic mass is 10.1. The van der Waals surface area contributed by atoms with Crippen molar-refractivity contribution in [2.45, 2.75) is 58.4 Å². The van der Waals surface area contributed by atoms with E-state index in [1.165, 1.54) is 12.8 Å². The summed E-state index contributed by atoms with van der Waals surface area (Å²) in [5, 5.41) is 4.21. The summed E-state index contributed by atoms with van der Waals surface area (Å²) < 4.78 is 2.29. The molecule has 6 nitrogen and oxygen atoms in total. The Labute approximate surface area is 165 Å². The minimum atomic E-state index is 0.240. The van der Waals surface area contributed by atoms with Gasteiger partial charge in [0.25, 0.3) is 0 Å². The maximum absolute atomic E-state index is 12.1. The molecule has 148 valence electrons. The smallest absolute Gasteiger partial charge is 0.223 e. The number of aromatic nitrogens is 3. The van der Waals surface area contributed by atoms with Crippen molar-refractivity contribution in [3.63, 3.8) is 0 Å². The van der Waals surface area contributed by atoms with Crippen molar-refractivity contribution in [1.82, 2.24) is 19.9 Å². The Kier molecular flexibility index (Phi) is 5.46. The quantitative estimate of drug-likeness (QED) is 0.611. The predicted octanol–water partition coefficient (Wildman–Crippen LogP) is 3.82. The Morgan fingerprint density at radius 2 is 2.00 bits per heavy atom. The Hall–Kier alpha value is -2.63. The molecule has 0 atom stereocenters. The average molecular weight is 380 g/mol. The maximum Gasteiger partial charge on any atom is 0.223 e. The monoisotopic (exact) mass is 379 g/mol. The highest BCUT2D eigenvalue weighted by atomic mass is 16.1. The summed E-state index contributed by atoms with van der Waals surface area (Å²) in [6.45, 7) is 3.73. The molecule has 1 aromatic carbocycles. The molecule has 1 saturated carbocycles. The number of carbonyl (C=O) groups is 1. The number of pyridine rings is 1. The van der Waals surface area contributed by atoms with Gasteiger partial charge in [-0.05, 0) is 31.7 Å². The number of aryl methyl sites for hydroxylation is 2. The first-order valence-electron chi connectivity index (χ1n) is 10.5. The van der Waals surface area contributed by atoms with Gasteiger partial charge in [0.1, 0.15) is 11.3 Å². The van der Waals surface area contributed by atoms with Crippen molar-refractivity contribution in [2.24, 2.45) is 5.92 Å². The van der Waals surface area contributed by atoms with E-state index in [1.54, 1.807) is 0 Å². The number of amides is 1. The van der Waals surface area contributed by atoms with Crippen LogP contribution in [0.5, 0.6) is 0 Å². The molecule has 0 unspecified atom stereocenters. The molecule has 3 N–H and O–H groups in total. The van der Waals surface area contributed by atoms with E-state index in [0.29, 0.717) is 5.82 Å². The highest BCUT2D eigenvalue weighted by Crippen LogP contribution is 2.29. The van der Waals surface area contributed by atoms with E-state index in [1.807, 2.05) is 18.2 Å². The van der Waals surface area contributed by atoms with Gasteiger partial charge in [-0.1, -0.05) is 38.0 Å². The van der Waals surface area contributed by atoms with Gasteiger partial charge in [0.05, 0.1) is 11.0 Å². The van der Waals surface area contributed by atoms with Gasteiger partial charge in [-0.2, -0.15) is 0 Å². The topological polar surface area (TPSA) is 85.8 Å². The van der Waals surface area contributed by atoms with Gasteiger partial charge in [-0.15, -0.1) is 0 Å². The molecule has 2 aromatic heterocycles. The molecule has 6 heteroatoms. The number of fused-ring (bicyclic) bond motifs is 3. The maximum atomic E-state index is 12.1. The number of para-hydroxylation sites is 1. The van der Waals surface area contributed by atoms with Gasteiger partial charge in [0, 0.05) is 30.8 Å². The Bertz CT molecular complexity index is 987. The number of unbranched alkanes of at least 4 members (excludes halogenated alkanes) is 1. The van der Waals surface area contributed by atoms with Crippen molar-refractivity contribution >= 4 is 33.7 Å². The SMILES string of the molecule is CCc1nc2c(N)nc3ccccc3c2n1CCCCNC(=O)C1CCCC1. The van der Waals surface area contributed by atoms with E-state index in [0.717, 1.165) is 73.0 Å². The van der Waals surface area contributed by atoms with Crippen LogP contribution in [0.2, 0.25) is 0 Å². The fourth-order valence-corrected chi connectivity index (χ4v) is 4.35. The number of anilines is 1. The van der Waals surface area contributed by atoms with Crippen LogP contribution in [-0.2, 0) is 17.8 Å². The second-order valence-electron chi connectivity index (χ2n) is 7.72.